The Morgan fingerprint density at radius 3 is 2.53 bits per heavy atom. The minimum Gasteiger partial charge on any atom is -0.314 e. The van der Waals surface area contributed by atoms with Crippen molar-refractivity contribution in [1.29, 1.82) is 0 Å². The largest absolute Gasteiger partial charge is 0.314 e. The van der Waals surface area contributed by atoms with E-state index in [1.54, 1.807) is 0 Å². The third-order valence-corrected chi connectivity index (χ3v) is 5.88. The van der Waals surface area contributed by atoms with Gasteiger partial charge in [-0.3, -0.25) is 9.80 Å². The Morgan fingerprint density at radius 2 is 1.63 bits per heavy atom. The standard InChI is InChI=1S/C16H29N3/c1-2-8-18-10-7-16(15(18)3-1)19-9-6-13(12-19)11-17-14-4-5-14/h13-17H,1-12H2. The molecule has 0 aromatic carbocycles. The van der Waals surface area contributed by atoms with E-state index in [2.05, 4.69) is 15.1 Å². The van der Waals surface area contributed by atoms with Gasteiger partial charge in [0.1, 0.15) is 0 Å². The Balaban J connectivity index is 1.30. The van der Waals surface area contributed by atoms with Gasteiger partial charge in [0, 0.05) is 31.2 Å². The van der Waals surface area contributed by atoms with Crippen LogP contribution in [-0.2, 0) is 0 Å². The van der Waals surface area contributed by atoms with Crippen molar-refractivity contribution in [3.63, 3.8) is 0 Å². The molecule has 4 fully saturated rings. The smallest absolute Gasteiger partial charge is 0.0263 e. The maximum Gasteiger partial charge on any atom is 0.0263 e. The lowest BCUT2D eigenvalue weighted by molar-refractivity contribution is 0.128. The fourth-order valence-electron chi connectivity index (χ4n) is 4.60. The Bertz CT molecular complexity index is 315. The summed E-state index contributed by atoms with van der Waals surface area (Å²) in [5.74, 6) is 0.929. The maximum atomic E-state index is 3.73. The second-order valence-corrected chi connectivity index (χ2v) is 7.29. The van der Waals surface area contributed by atoms with Crippen LogP contribution < -0.4 is 5.32 Å². The molecule has 0 spiro atoms. The lowest BCUT2D eigenvalue weighted by Gasteiger charge is -2.36. The van der Waals surface area contributed by atoms with Gasteiger partial charge >= 0.3 is 0 Å². The average Bonchev–Trinajstić information content (AvgIpc) is 3.00. The summed E-state index contributed by atoms with van der Waals surface area (Å²) in [6.07, 6.45) is 10.1. The summed E-state index contributed by atoms with van der Waals surface area (Å²) in [7, 11) is 0. The van der Waals surface area contributed by atoms with Crippen LogP contribution in [-0.4, -0.2) is 60.6 Å². The highest BCUT2D eigenvalue weighted by atomic mass is 15.3. The van der Waals surface area contributed by atoms with E-state index in [4.69, 9.17) is 0 Å². The van der Waals surface area contributed by atoms with Crippen LogP contribution in [0.2, 0.25) is 0 Å². The first-order valence-electron chi connectivity index (χ1n) is 8.61. The van der Waals surface area contributed by atoms with Gasteiger partial charge in [-0.1, -0.05) is 6.42 Å². The summed E-state index contributed by atoms with van der Waals surface area (Å²) in [5.41, 5.74) is 0. The summed E-state index contributed by atoms with van der Waals surface area (Å²) in [6, 6.07) is 2.68. The van der Waals surface area contributed by atoms with Crippen molar-refractivity contribution in [2.75, 3.05) is 32.7 Å². The van der Waals surface area contributed by atoms with Gasteiger partial charge in [-0.25, -0.2) is 0 Å². The fraction of sp³-hybridized carbons (Fsp3) is 1.00. The van der Waals surface area contributed by atoms with Gasteiger partial charge in [-0.15, -0.1) is 0 Å². The second-order valence-electron chi connectivity index (χ2n) is 7.29. The van der Waals surface area contributed by atoms with Crippen LogP contribution in [0.1, 0.15) is 44.9 Å². The lowest BCUT2D eigenvalue weighted by Crippen LogP contribution is -2.46. The molecule has 108 valence electrons. The first-order chi connectivity index (χ1) is 9.40. The molecule has 3 nitrogen and oxygen atoms in total. The summed E-state index contributed by atoms with van der Waals surface area (Å²) < 4.78 is 0. The number of nitrogens with one attached hydrogen (secondary N) is 1. The highest BCUT2D eigenvalue weighted by Crippen LogP contribution is 2.33. The van der Waals surface area contributed by atoms with Crippen LogP contribution in [0.15, 0.2) is 0 Å². The zero-order valence-electron chi connectivity index (χ0n) is 12.2. The number of nitrogens with zero attached hydrogens (tertiary/aromatic N) is 2. The van der Waals surface area contributed by atoms with Gasteiger partial charge in [-0.2, -0.15) is 0 Å². The number of piperidine rings is 1. The molecule has 1 saturated carbocycles. The van der Waals surface area contributed by atoms with Crippen molar-refractivity contribution in [2.45, 2.75) is 63.1 Å². The SMILES string of the molecule is C1CCN2CCC(N3CCC(CNC4CC4)C3)C2C1. The predicted molar refractivity (Wildman–Crippen MR) is 78.3 cm³/mol. The van der Waals surface area contributed by atoms with Gasteiger partial charge in [0.05, 0.1) is 0 Å². The van der Waals surface area contributed by atoms with E-state index in [0.717, 1.165) is 24.0 Å². The number of hydrogen-bond donors (Lipinski definition) is 1. The van der Waals surface area contributed by atoms with Crippen molar-refractivity contribution in [3.05, 3.63) is 0 Å². The summed E-state index contributed by atoms with van der Waals surface area (Å²) in [5, 5.41) is 3.73. The second kappa shape index (κ2) is 5.34. The molecule has 3 heterocycles. The number of fused-ring (bicyclic) bond motifs is 1. The molecular formula is C16H29N3. The van der Waals surface area contributed by atoms with Crippen LogP contribution >= 0.6 is 0 Å². The van der Waals surface area contributed by atoms with E-state index in [-0.39, 0.29) is 0 Å². The zero-order chi connectivity index (χ0) is 12.7. The van der Waals surface area contributed by atoms with Crippen LogP contribution in [0.5, 0.6) is 0 Å². The molecule has 3 atom stereocenters. The molecule has 0 amide bonds. The molecule has 1 N–H and O–H groups in total. The van der Waals surface area contributed by atoms with E-state index in [1.807, 2.05) is 0 Å². The minimum absolute atomic E-state index is 0.884. The average molecular weight is 263 g/mol. The highest BCUT2D eigenvalue weighted by Gasteiger charge is 2.40. The first-order valence-corrected chi connectivity index (χ1v) is 8.61. The van der Waals surface area contributed by atoms with E-state index in [0.29, 0.717) is 0 Å². The fourth-order valence-corrected chi connectivity index (χ4v) is 4.60. The van der Waals surface area contributed by atoms with Gasteiger partial charge in [0.15, 0.2) is 0 Å². The van der Waals surface area contributed by atoms with Crippen LogP contribution in [0.4, 0.5) is 0 Å². The molecule has 0 aromatic heterocycles. The summed E-state index contributed by atoms with van der Waals surface area (Å²) >= 11 is 0. The molecule has 1 aliphatic carbocycles. The Labute approximate surface area is 117 Å². The molecule has 0 radical (unpaired) electrons. The van der Waals surface area contributed by atoms with E-state index >= 15 is 0 Å². The molecule has 0 bridgehead atoms. The molecule has 4 rings (SSSR count). The van der Waals surface area contributed by atoms with Crippen LogP contribution in [0, 0.1) is 5.92 Å². The molecule has 3 saturated heterocycles. The third kappa shape index (κ3) is 2.70. The van der Waals surface area contributed by atoms with Crippen LogP contribution in [0.25, 0.3) is 0 Å². The molecule has 3 aliphatic heterocycles. The summed E-state index contributed by atoms with van der Waals surface area (Å²) in [4.78, 5) is 5.62. The highest BCUT2D eigenvalue weighted by molar-refractivity contribution is 4.97. The van der Waals surface area contributed by atoms with E-state index in [1.165, 1.54) is 77.7 Å². The van der Waals surface area contributed by atoms with Crippen molar-refractivity contribution < 1.29 is 0 Å². The van der Waals surface area contributed by atoms with Gasteiger partial charge in [-0.05, 0) is 64.1 Å². The van der Waals surface area contributed by atoms with E-state index in [9.17, 15) is 0 Å². The molecular weight excluding hydrogens is 234 g/mol. The van der Waals surface area contributed by atoms with Crippen molar-refractivity contribution >= 4 is 0 Å². The topological polar surface area (TPSA) is 18.5 Å². The van der Waals surface area contributed by atoms with E-state index < -0.39 is 0 Å². The van der Waals surface area contributed by atoms with Gasteiger partial charge in [0.2, 0.25) is 0 Å². The Hall–Kier alpha value is -0.120. The van der Waals surface area contributed by atoms with Gasteiger partial charge in [0.25, 0.3) is 0 Å². The molecule has 19 heavy (non-hydrogen) atoms. The number of likely N-dealkylation sites (tertiary alicyclic amines) is 1. The first kappa shape index (κ1) is 12.6. The lowest BCUT2D eigenvalue weighted by atomic mass is 9.98. The third-order valence-electron chi connectivity index (χ3n) is 5.88. The van der Waals surface area contributed by atoms with Crippen molar-refractivity contribution in [1.82, 2.24) is 15.1 Å². The summed E-state index contributed by atoms with van der Waals surface area (Å²) in [6.45, 7) is 6.77. The monoisotopic (exact) mass is 263 g/mol. The Morgan fingerprint density at radius 1 is 0.789 bits per heavy atom. The predicted octanol–water partition coefficient (Wildman–Crippen LogP) is 1.69. The van der Waals surface area contributed by atoms with Gasteiger partial charge < -0.3 is 5.32 Å². The number of hydrogen-bond acceptors (Lipinski definition) is 3. The number of rotatable bonds is 4. The van der Waals surface area contributed by atoms with Crippen LogP contribution in [0.3, 0.4) is 0 Å². The quantitative estimate of drug-likeness (QED) is 0.833. The zero-order valence-corrected chi connectivity index (χ0v) is 12.2. The maximum absolute atomic E-state index is 3.73. The Kier molecular flexibility index (Phi) is 3.55. The molecule has 4 aliphatic rings. The molecule has 3 unspecified atom stereocenters. The normalized spacial score (nSPS) is 40.7. The molecule has 3 heteroatoms. The van der Waals surface area contributed by atoms with Crippen molar-refractivity contribution in [3.8, 4) is 0 Å². The minimum atomic E-state index is 0.884. The molecule has 0 aromatic rings. The van der Waals surface area contributed by atoms with Crippen molar-refractivity contribution in [2.24, 2.45) is 5.92 Å².